The second-order valence-corrected chi connectivity index (χ2v) is 5.63. The molecule has 1 aromatic heterocycles. The van der Waals surface area contributed by atoms with Gasteiger partial charge in [0.15, 0.2) is 0 Å². The van der Waals surface area contributed by atoms with E-state index in [4.69, 9.17) is 0 Å². The summed E-state index contributed by atoms with van der Waals surface area (Å²) in [7, 11) is 0. The molecule has 0 amide bonds. The van der Waals surface area contributed by atoms with Crippen molar-refractivity contribution in [3.63, 3.8) is 0 Å². The van der Waals surface area contributed by atoms with E-state index in [-0.39, 0.29) is 0 Å². The van der Waals surface area contributed by atoms with Crippen molar-refractivity contribution < 1.29 is 0 Å². The average Bonchev–Trinajstić information content (AvgIpc) is 3.11. The van der Waals surface area contributed by atoms with Crippen LogP contribution in [0.1, 0.15) is 26.2 Å². The first-order valence-electron chi connectivity index (χ1n) is 7.41. The molecule has 1 aliphatic heterocycles. The van der Waals surface area contributed by atoms with Gasteiger partial charge < -0.3 is 10.6 Å². The maximum atomic E-state index is 4.00. The quantitative estimate of drug-likeness (QED) is 0.783. The van der Waals surface area contributed by atoms with Gasteiger partial charge in [-0.3, -0.25) is 5.10 Å². The van der Waals surface area contributed by atoms with Gasteiger partial charge in [0.25, 0.3) is 0 Å². The third-order valence-electron chi connectivity index (χ3n) is 3.89. The van der Waals surface area contributed by atoms with E-state index in [1.807, 2.05) is 6.07 Å². The fraction of sp³-hybridized carbons (Fsp3) is 0.438. The van der Waals surface area contributed by atoms with Gasteiger partial charge in [-0.25, -0.2) is 0 Å². The van der Waals surface area contributed by atoms with Crippen LogP contribution in [0, 0.1) is 0 Å². The summed E-state index contributed by atoms with van der Waals surface area (Å²) in [5, 5.41) is 14.2. The SMILES string of the molecule is CC(CC1CCCN1)Nc1cccc(-c2ccn[nH]2)c1. The Labute approximate surface area is 120 Å². The lowest BCUT2D eigenvalue weighted by molar-refractivity contribution is 0.523. The Balaban J connectivity index is 1.63. The number of benzene rings is 1. The lowest BCUT2D eigenvalue weighted by atomic mass is 10.1. The highest BCUT2D eigenvalue weighted by Crippen LogP contribution is 2.21. The van der Waals surface area contributed by atoms with E-state index in [1.54, 1.807) is 6.20 Å². The van der Waals surface area contributed by atoms with Gasteiger partial charge in [-0.05, 0) is 50.9 Å². The maximum absolute atomic E-state index is 4.00. The number of hydrogen-bond donors (Lipinski definition) is 3. The van der Waals surface area contributed by atoms with E-state index < -0.39 is 0 Å². The van der Waals surface area contributed by atoms with Crippen molar-refractivity contribution in [2.45, 2.75) is 38.3 Å². The molecule has 2 aromatic rings. The highest BCUT2D eigenvalue weighted by Gasteiger charge is 2.16. The fourth-order valence-electron chi connectivity index (χ4n) is 2.92. The molecule has 0 spiro atoms. The van der Waals surface area contributed by atoms with Crippen LogP contribution in [0.5, 0.6) is 0 Å². The first kappa shape index (κ1) is 13.2. The monoisotopic (exact) mass is 270 g/mol. The summed E-state index contributed by atoms with van der Waals surface area (Å²) in [6, 6.07) is 11.6. The van der Waals surface area contributed by atoms with Gasteiger partial charge in [0.05, 0.1) is 5.69 Å². The van der Waals surface area contributed by atoms with Gasteiger partial charge in [0.1, 0.15) is 0 Å². The molecule has 0 radical (unpaired) electrons. The van der Waals surface area contributed by atoms with E-state index in [0.29, 0.717) is 12.1 Å². The molecule has 0 saturated carbocycles. The standard InChI is InChI=1S/C16H22N4/c1-12(10-14-6-3-8-17-14)19-15-5-2-4-13(11-15)16-7-9-18-20-16/h2,4-5,7,9,11-12,14,17,19H,3,6,8,10H2,1H3,(H,18,20). The minimum Gasteiger partial charge on any atom is -0.383 e. The van der Waals surface area contributed by atoms with Crippen LogP contribution in [0.2, 0.25) is 0 Å². The number of nitrogens with zero attached hydrogens (tertiary/aromatic N) is 1. The lowest BCUT2D eigenvalue weighted by Gasteiger charge is -2.19. The summed E-state index contributed by atoms with van der Waals surface area (Å²) in [4.78, 5) is 0. The highest BCUT2D eigenvalue weighted by atomic mass is 15.1. The second-order valence-electron chi connectivity index (χ2n) is 5.63. The molecule has 0 aliphatic carbocycles. The van der Waals surface area contributed by atoms with Crippen LogP contribution < -0.4 is 10.6 Å². The van der Waals surface area contributed by atoms with Gasteiger partial charge >= 0.3 is 0 Å². The fourth-order valence-corrected chi connectivity index (χ4v) is 2.92. The predicted molar refractivity (Wildman–Crippen MR) is 82.8 cm³/mol. The minimum absolute atomic E-state index is 0.475. The molecule has 106 valence electrons. The van der Waals surface area contributed by atoms with Crippen molar-refractivity contribution in [3.05, 3.63) is 36.5 Å². The van der Waals surface area contributed by atoms with Crippen LogP contribution in [0.3, 0.4) is 0 Å². The Morgan fingerprint density at radius 2 is 2.35 bits per heavy atom. The molecule has 20 heavy (non-hydrogen) atoms. The molecular formula is C16H22N4. The van der Waals surface area contributed by atoms with Crippen LogP contribution in [0.25, 0.3) is 11.3 Å². The molecule has 2 heterocycles. The Hall–Kier alpha value is -1.81. The molecule has 4 heteroatoms. The van der Waals surface area contributed by atoms with Crippen molar-refractivity contribution in [1.29, 1.82) is 0 Å². The molecular weight excluding hydrogens is 248 g/mol. The predicted octanol–water partition coefficient (Wildman–Crippen LogP) is 3.02. The van der Waals surface area contributed by atoms with Crippen molar-refractivity contribution in [2.24, 2.45) is 0 Å². The normalized spacial score (nSPS) is 19.9. The summed E-state index contributed by atoms with van der Waals surface area (Å²) in [5.74, 6) is 0. The van der Waals surface area contributed by atoms with Gasteiger partial charge in [-0.15, -0.1) is 0 Å². The second kappa shape index (κ2) is 6.09. The van der Waals surface area contributed by atoms with Crippen molar-refractivity contribution in [3.8, 4) is 11.3 Å². The number of rotatable bonds is 5. The zero-order chi connectivity index (χ0) is 13.8. The third kappa shape index (κ3) is 3.20. The number of aromatic nitrogens is 2. The van der Waals surface area contributed by atoms with Crippen LogP contribution in [-0.2, 0) is 0 Å². The van der Waals surface area contributed by atoms with E-state index in [2.05, 4.69) is 52.0 Å². The van der Waals surface area contributed by atoms with Crippen LogP contribution in [0.4, 0.5) is 5.69 Å². The topological polar surface area (TPSA) is 52.7 Å². The zero-order valence-electron chi connectivity index (χ0n) is 11.9. The molecule has 2 atom stereocenters. The molecule has 1 saturated heterocycles. The van der Waals surface area contributed by atoms with Crippen LogP contribution >= 0.6 is 0 Å². The minimum atomic E-state index is 0.475. The van der Waals surface area contributed by atoms with E-state index in [9.17, 15) is 0 Å². The van der Waals surface area contributed by atoms with E-state index in [0.717, 1.165) is 5.69 Å². The molecule has 4 nitrogen and oxygen atoms in total. The smallest absolute Gasteiger partial charge is 0.0650 e. The zero-order valence-corrected chi connectivity index (χ0v) is 11.9. The Bertz CT molecular complexity index is 529. The first-order valence-corrected chi connectivity index (χ1v) is 7.41. The third-order valence-corrected chi connectivity index (χ3v) is 3.89. The van der Waals surface area contributed by atoms with Crippen molar-refractivity contribution >= 4 is 5.69 Å². The van der Waals surface area contributed by atoms with Gasteiger partial charge in [-0.2, -0.15) is 5.10 Å². The number of hydrogen-bond acceptors (Lipinski definition) is 3. The molecule has 1 fully saturated rings. The van der Waals surface area contributed by atoms with E-state index >= 15 is 0 Å². The molecule has 3 rings (SSSR count). The molecule has 1 aromatic carbocycles. The number of H-pyrrole nitrogens is 1. The average molecular weight is 270 g/mol. The van der Waals surface area contributed by atoms with Crippen molar-refractivity contribution in [2.75, 3.05) is 11.9 Å². The number of aromatic amines is 1. The molecule has 3 N–H and O–H groups in total. The van der Waals surface area contributed by atoms with Gasteiger partial charge in [0.2, 0.25) is 0 Å². The lowest BCUT2D eigenvalue weighted by Crippen LogP contribution is -2.29. The van der Waals surface area contributed by atoms with Gasteiger partial charge in [0, 0.05) is 29.5 Å². The Morgan fingerprint density at radius 3 is 3.10 bits per heavy atom. The number of anilines is 1. The van der Waals surface area contributed by atoms with Crippen LogP contribution in [-0.4, -0.2) is 28.8 Å². The van der Waals surface area contributed by atoms with Crippen LogP contribution in [0.15, 0.2) is 36.5 Å². The van der Waals surface area contributed by atoms with Crippen molar-refractivity contribution in [1.82, 2.24) is 15.5 Å². The molecule has 0 bridgehead atoms. The molecule has 1 aliphatic rings. The Kier molecular flexibility index (Phi) is 4.02. The summed E-state index contributed by atoms with van der Waals surface area (Å²) < 4.78 is 0. The summed E-state index contributed by atoms with van der Waals surface area (Å²) in [6.07, 6.45) is 5.57. The van der Waals surface area contributed by atoms with Gasteiger partial charge in [-0.1, -0.05) is 12.1 Å². The highest BCUT2D eigenvalue weighted by molar-refractivity contribution is 5.64. The number of nitrogens with one attached hydrogen (secondary N) is 3. The first-order chi connectivity index (χ1) is 9.81. The Morgan fingerprint density at radius 1 is 1.40 bits per heavy atom. The maximum Gasteiger partial charge on any atom is 0.0650 e. The summed E-state index contributed by atoms with van der Waals surface area (Å²) in [5.41, 5.74) is 3.39. The summed E-state index contributed by atoms with van der Waals surface area (Å²) >= 11 is 0. The largest absolute Gasteiger partial charge is 0.383 e. The molecule has 2 unspecified atom stereocenters. The van der Waals surface area contributed by atoms with E-state index in [1.165, 1.54) is 37.1 Å². The summed E-state index contributed by atoms with van der Waals surface area (Å²) in [6.45, 7) is 3.43.